The molecule has 2 aromatic carbocycles. The van der Waals surface area contributed by atoms with E-state index in [9.17, 15) is 4.79 Å². The molecule has 1 N–H and O–H groups in total. The number of carbonyl (C=O) groups excluding carboxylic acids is 1. The molecule has 0 saturated carbocycles. The van der Waals surface area contributed by atoms with E-state index in [4.69, 9.17) is 18.9 Å². The van der Waals surface area contributed by atoms with E-state index in [0.717, 1.165) is 11.1 Å². The minimum atomic E-state index is -0.284. The molecule has 134 valence electrons. The number of benzene rings is 2. The number of ether oxygens (including phenoxy) is 4. The van der Waals surface area contributed by atoms with Crippen molar-refractivity contribution < 1.29 is 23.7 Å². The monoisotopic (exact) mass is 345 g/mol. The summed E-state index contributed by atoms with van der Waals surface area (Å²) in [5, 5.41) is 2.76. The zero-order valence-corrected chi connectivity index (χ0v) is 15.1. The average Bonchev–Trinajstić information content (AvgIpc) is 2.58. The van der Waals surface area contributed by atoms with Crippen molar-refractivity contribution in [2.75, 3.05) is 33.3 Å². The number of anilines is 1. The van der Waals surface area contributed by atoms with Crippen LogP contribution in [0.15, 0.2) is 30.3 Å². The Balaban J connectivity index is 2.07. The lowest BCUT2D eigenvalue weighted by molar-refractivity contribution is -0.118. The van der Waals surface area contributed by atoms with Crippen LogP contribution in [0.25, 0.3) is 0 Å². The van der Waals surface area contributed by atoms with Crippen LogP contribution in [0, 0.1) is 13.8 Å². The van der Waals surface area contributed by atoms with Crippen LogP contribution in [0.5, 0.6) is 23.0 Å². The van der Waals surface area contributed by atoms with Gasteiger partial charge in [0.2, 0.25) is 5.75 Å². The molecule has 0 spiro atoms. The Hall–Kier alpha value is -2.89. The molecular weight excluding hydrogens is 322 g/mol. The summed E-state index contributed by atoms with van der Waals surface area (Å²) in [6.45, 7) is 3.87. The summed E-state index contributed by atoms with van der Waals surface area (Å²) in [7, 11) is 4.56. The smallest absolute Gasteiger partial charge is 0.262 e. The van der Waals surface area contributed by atoms with Gasteiger partial charge < -0.3 is 24.3 Å². The maximum atomic E-state index is 12.2. The number of hydrogen-bond acceptors (Lipinski definition) is 5. The van der Waals surface area contributed by atoms with E-state index >= 15 is 0 Å². The molecule has 0 unspecified atom stereocenters. The number of methoxy groups -OCH3 is 3. The fourth-order valence-electron chi connectivity index (χ4n) is 2.52. The topological polar surface area (TPSA) is 66.0 Å². The minimum absolute atomic E-state index is 0.0977. The lowest BCUT2D eigenvalue weighted by Crippen LogP contribution is -2.20. The number of carbonyl (C=O) groups is 1. The first kappa shape index (κ1) is 18.4. The molecule has 0 fully saturated rings. The van der Waals surface area contributed by atoms with Gasteiger partial charge in [0.25, 0.3) is 5.91 Å². The Bertz CT molecular complexity index is 712. The number of hydrogen-bond donors (Lipinski definition) is 1. The number of nitrogens with one attached hydrogen (secondary N) is 1. The number of amides is 1. The van der Waals surface area contributed by atoms with Crippen LogP contribution in [0.2, 0.25) is 0 Å². The van der Waals surface area contributed by atoms with Gasteiger partial charge in [0.15, 0.2) is 18.1 Å². The maximum Gasteiger partial charge on any atom is 0.262 e. The van der Waals surface area contributed by atoms with Gasteiger partial charge in [-0.15, -0.1) is 0 Å². The summed E-state index contributed by atoms with van der Waals surface area (Å²) >= 11 is 0. The zero-order chi connectivity index (χ0) is 18.4. The molecule has 0 aliphatic carbocycles. The van der Waals surface area contributed by atoms with Crippen molar-refractivity contribution >= 4 is 11.6 Å². The third-order valence-corrected chi connectivity index (χ3v) is 3.51. The molecule has 0 radical (unpaired) electrons. The molecule has 6 heteroatoms. The molecule has 0 bridgehead atoms. The largest absolute Gasteiger partial charge is 0.493 e. The predicted octanol–water partition coefficient (Wildman–Crippen LogP) is 3.35. The van der Waals surface area contributed by atoms with Gasteiger partial charge in [-0.25, -0.2) is 0 Å². The van der Waals surface area contributed by atoms with E-state index in [1.165, 1.54) is 21.3 Å². The van der Waals surface area contributed by atoms with Crippen molar-refractivity contribution in [2.45, 2.75) is 13.8 Å². The van der Waals surface area contributed by atoms with Crippen LogP contribution >= 0.6 is 0 Å². The Kier molecular flexibility index (Phi) is 6.11. The van der Waals surface area contributed by atoms with Crippen LogP contribution in [-0.2, 0) is 4.79 Å². The van der Waals surface area contributed by atoms with Crippen molar-refractivity contribution in [1.29, 1.82) is 0 Å². The van der Waals surface area contributed by atoms with Gasteiger partial charge in [0.1, 0.15) is 5.75 Å². The normalized spacial score (nSPS) is 10.1. The van der Waals surface area contributed by atoms with Gasteiger partial charge in [-0.3, -0.25) is 4.79 Å². The molecule has 0 aliphatic rings. The average molecular weight is 345 g/mol. The van der Waals surface area contributed by atoms with E-state index < -0.39 is 0 Å². The van der Waals surface area contributed by atoms with Crippen LogP contribution < -0.4 is 24.3 Å². The Labute approximate surface area is 147 Å². The number of rotatable bonds is 7. The molecule has 0 heterocycles. The van der Waals surface area contributed by atoms with Crippen molar-refractivity contribution in [2.24, 2.45) is 0 Å². The second-order valence-corrected chi connectivity index (χ2v) is 5.57. The lowest BCUT2D eigenvalue weighted by atomic mass is 10.1. The Morgan fingerprint density at radius 3 is 1.92 bits per heavy atom. The van der Waals surface area contributed by atoms with Gasteiger partial charge in [-0.2, -0.15) is 0 Å². The standard InChI is InChI=1S/C19H23NO5/c1-12-6-13(2)8-15(7-12)25-11-18(21)20-14-9-16(22-3)19(24-5)17(10-14)23-4/h6-10H,11H2,1-5H3,(H,20,21). The third kappa shape index (κ3) is 4.79. The van der Waals surface area contributed by atoms with E-state index in [-0.39, 0.29) is 12.5 Å². The summed E-state index contributed by atoms with van der Waals surface area (Å²) in [5.74, 6) is 1.78. The fraction of sp³-hybridized carbons (Fsp3) is 0.316. The van der Waals surface area contributed by atoms with E-state index in [2.05, 4.69) is 5.32 Å². The predicted molar refractivity (Wildman–Crippen MR) is 96.1 cm³/mol. The Morgan fingerprint density at radius 1 is 0.880 bits per heavy atom. The molecule has 25 heavy (non-hydrogen) atoms. The van der Waals surface area contributed by atoms with Crippen LogP contribution in [0.4, 0.5) is 5.69 Å². The highest BCUT2D eigenvalue weighted by molar-refractivity contribution is 5.92. The first-order valence-corrected chi connectivity index (χ1v) is 7.77. The van der Waals surface area contributed by atoms with Gasteiger partial charge >= 0.3 is 0 Å². The van der Waals surface area contributed by atoms with Gasteiger partial charge in [0, 0.05) is 17.8 Å². The highest BCUT2D eigenvalue weighted by Crippen LogP contribution is 2.39. The van der Waals surface area contributed by atoms with Crippen molar-refractivity contribution in [3.05, 3.63) is 41.5 Å². The van der Waals surface area contributed by atoms with Gasteiger partial charge in [0.05, 0.1) is 21.3 Å². The third-order valence-electron chi connectivity index (χ3n) is 3.51. The molecule has 2 aromatic rings. The summed E-state index contributed by atoms with van der Waals surface area (Å²) in [4.78, 5) is 12.2. The van der Waals surface area contributed by atoms with E-state index in [1.807, 2.05) is 32.0 Å². The van der Waals surface area contributed by atoms with Crippen LogP contribution in [0.1, 0.15) is 11.1 Å². The van der Waals surface area contributed by atoms with Gasteiger partial charge in [-0.1, -0.05) is 6.07 Å². The Morgan fingerprint density at radius 2 is 1.44 bits per heavy atom. The first-order valence-electron chi connectivity index (χ1n) is 7.77. The van der Waals surface area contributed by atoms with Crippen molar-refractivity contribution in [3.8, 4) is 23.0 Å². The lowest BCUT2D eigenvalue weighted by Gasteiger charge is -2.15. The highest BCUT2D eigenvalue weighted by Gasteiger charge is 2.14. The minimum Gasteiger partial charge on any atom is -0.493 e. The first-order chi connectivity index (χ1) is 12.0. The zero-order valence-electron chi connectivity index (χ0n) is 15.1. The molecule has 2 rings (SSSR count). The highest BCUT2D eigenvalue weighted by atomic mass is 16.5. The van der Waals surface area contributed by atoms with E-state index in [0.29, 0.717) is 28.7 Å². The molecule has 6 nitrogen and oxygen atoms in total. The molecule has 0 atom stereocenters. The molecular formula is C19H23NO5. The quantitative estimate of drug-likeness (QED) is 0.834. The van der Waals surface area contributed by atoms with E-state index in [1.54, 1.807) is 12.1 Å². The van der Waals surface area contributed by atoms with Crippen LogP contribution in [0.3, 0.4) is 0 Å². The van der Waals surface area contributed by atoms with Crippen molar-refractivity contribution in [1.82, 2.24) is 0 Å². The van der Waals surface area contributed by atoms with Crippen LogP contribution in [-0.4, -0.2) is 33.8 Å². The summed E-state index contributed by atoms with van der Waals surface area (Å²) < 4.78 is 21.4. The summed E-state index contributed by atoms with van der Waals surface area (Å²) in [6.07, 6.45) is 0. The maximum absolute atomic E-state index is 12.2. The fourth-order valence-corrected chi connectivity index (χ4v) is 2.52. The number of aryl methyl sites for hydroxylation is 2. The summed E-state index contributed by atoms with van der Waals surface area (Å²) in [6, 6.07) is 9.15. The molecule has 0 aliphatic heterocycles. The second kappa shape index (κ2) is 8.28. The molecule has 0 saturated heterocycles. The van der Waals surface area contributed by atoms with Gasteiger partial charge in [-0.05, 0) is 37.1 Å². The summed E-state index contributed by atoms with van der Waals surface area (Å²) in [5.41, 5.74) is 2.70. The molecule has 1 amide bonds. The SMILES string of the molecule is COc1cc(NC(=O)COc2cc(C)cc(C)c2)cc(OC)c1OC. The molecule has 0 aromatic heterocycles. The second-order valence-electron chi connectivity index (χ2n) is 5.57. The van der Waals surface area contributed by atoms with Crippen molar-refractivity contribution in [3.63, 3.8) is 0 Å².